The van der Waals surface area contributed by atoms with Crippen LogP contribution in [0.15, 0.2) is 48.5 Å². The van der Waals surface area contributed by atoms with E-state index in [9.17, 15) is 9.59 Å². The van der Waals surface area contributed by atoms with Gasteiger partial charge in [-0.2, -0.15) is 0 Å². The third-order valence-corrected chi connectivity index (χ3v) is 3.65. The van der Waals surface area contributed by atoms with E-state index in [1.807, 2.05) is 42.5 Å². The minimum absolute atomic E-state index is 0.0228. The van der Waals surface area contributed by atoms with Gasteiger partial charge in [0.1, 0.15) is 0 Å². The van der Waals surface area contributed by atoms with Crippen LogP contribution in [-0.4, -0.2) is 18.2 Å². The van der Waals surface area contributed by atoms with Gasteiger partial charge in [-0.3, -0.25) is 9.59 Å². The molecule has 0 unspecified atom stereocenters. The van der Waals surface area contributed by atoms with Crippen LogP contribution in [0.3, 0.4) is 0 Å². The van der Waals surface area contributed by atoms with Crippen molar-refractivity contribution in [2.45, 2.75) is 13.3 Å². The molecule has 0 bridgehead atoms. The highest BCUT2D eigenvalue weighted by Crippen LogP contribution is 2.29. The summed E-state index contributed by atoms with van der Waals surface area (Å²) >= 11 is 0. The molecular formula is C17H15NO2. The van der Waals surface area contributed by atoms with E-state index >= 15 is 0 Å². The fraction of sp³-hybridized carbons (Fsp3) is 0.176. The first kappa shape index (κ1) is 12.6. The van der Waals surface area contributed by atoms with Gasteiger partial charge in [0.2, 0.25) is 5.91 Å². The lowest BCUT2D eigenvalue weighted by Gasteiger charge is -2.14. The molecule has 0 N–H and O–H groups in total. The zero-order valence-corrected chi connectivity index (χ0v) is 11.3. The zero-order chi connectivity index (χ0) is 14.1. The third-order valence-electron chi connectivity index (χ3n) is 3.65. The molecule has 2 aromatic carbocycles. The Morgan fingerprint density at radius 2 is 1.75 bits per heavy atom. The van der Waals surface area contributed by atoms with Crippen LogP contribution in [0, 0.1) is 0 Å². The van der Waals surface area contributed by atoms with Gasteiger partial charge in [-0.25, -0.2) is 0 Å². The summed E-state index contributed by atoms with van der Waals surface area (Å²) in [7, 11) is 0. The van der Waals surface area contributed by atoms with Gasteiger partial charge >= 0.3 is 0 Å². The van der Waals surface area contributed by atoms with Gasteiger partial charge in [0.25, 0.3) is 0 Å². The Morgan fingerprint density at radius 1 is 1.00 bits per heavy atom. The molecule has 0 saturated heterocycles. The van der Waals surface area contributed by atoms with Crippen LogP contribution in [0.4, 0.5) is 5.69 Å². The van der Waals surface area contributed by atoms with Gasteiger partial charge < -0.3 is 4.90 Å². The molecule has 0 aliphatic carbocycles. The predicted octanol–water partition coefficient (Wildman–Crippen LogP) is 2.83. The quantitative estimate of drug-likeness (QED) is 0.783. The fourth-order valence-electron chi connectivity index (χ4n) is 2.63. The van der Waals surface area contributed by atoms with E-state index in [1.165, 1.54) is 0 Å². The lowest BCUT2D eigenvalue weighted by Crippen LogP contribution is -2.25. The molecular weight excluding hydrogens is 250 g/mol. The van der Waals surface area contributed by atoms with Crippen LogP contribution in [0.1, 0.15) is 28.4 Å². The van der Waals surface area contributed by atoms with Crippen LogP contribution in [0.2, 0.25) is 0 Å². The number of hydrogen-bond acceptors (Lipinski definition) is 2. The number of rotatable bonds is 2. The monoisotopic (exact) mass is 265 g/mol. The summed E-state index contributed by atoms with van der Waals surface area (Å²) in [6.07, 6.45) is 0.810. The second-order valence-electron chi connectivity index (χ2n) is 4.96. The molecule has 20 heavy (non-hydrogen) atoms. The van der Waals surface area contributed by atoms with Gasteiger partial charge in [-0.1, -0.05) is 30.3 Å². The second-order valence-corrected chi connectivity index (χ2v) is 4.96. The summed E-state index contributed by atoms with van der Waals surface area (Å²) in [5.41, 5.74) is 3.37. The predicted molar refractivity (Wildman–Crippen MR) is 78.0 cm³/mol. The Balaban J connectivity index is 1.95. The van der Waals surface area contributed by atoms with Crippen molar-refractivity contribution in [3.05, 3.63) is 65.2 Å². The molecule has 0 radical (unpaired) electrons. The van der Waals surface area contributed by atoms with E-state index in [-0.39, 0.29) is 11.7 Å². The number of anilines is 1. The van der Waals surface area contributed by atoms with Crippen molar-refractivity contribution in [1.82, 2.24) is 0 Å². The summed E-state index contributed by atoms with van der Waals surface area (Å²) in [4.78, 5) is 25.6. The lowest BCUT2D eigenvalue weighted by molar-refractivity contribution is -0.116. The molecule has 3 rings (SSSR count). The smallest absolute Gasteiger partial charge is 0.223 e. The summed E-state index contributed by atoms with van der Waals surface area (Å²) in [6.45, 7) is 2.27. The van der Waals surface area contributed by atoms with E-state index in [0.717, 1.165) is 17.7 Å². The molecule has 0 saturated carbocycles. The van der Waals surface area contributed by atoms with Gasteiger partial charge in [-0.15, -0.1) is 0 Å². The van der Waals surface area contributed by atoms with Crippen molar-refractivity contribution >= 4 is 17.4 Å². The van der Waals surface area contributed by atoms with Gasteiger partial charge in [0.15, 0.2) is 5.78 Å². The minimum Gasteiger partial charge on any atom is -0.312 e. The van der Waals surface area contributed by atoms with E-state index in [0.29, 0.717) is 17.7 Å². The zero-order valence-electron chi connectivity index (χ0n) is 11.3. The Labute approximate surface area is 117 Å². The number of benzene rings is 2. The molecule has 1 amide bonds. The molecule has 3 nitrogen and oxygen atoms in total. The van der Waals surface area contributed by atoms with Crippen LogP contribution in [-0.2, 0) is 11.2 Å². The Hall–Kier alpha value is -2.42. The fourth-order valence-corrected chi connectivity index (χ4v) is 2.63. The number of hydrogen-bond donors (Lipinski definition) is 0. The van der Waals surface area contributed by atoms with Crippen LogP contribution in [0.25, 0.3) is 0 Å². The molecule has 0 spiro atoms. The molecule has 3 heteroatoms. The second kappa shape index (κ2) is 4.93. The number of carbonyl (C=O) groups excluding carboxylic acids is 2. The van der Waals surface area contributed by atoms with E-state index in [1.54, 1.807) is 17.9 Å². The number of ketones is 1. The van der Waals surface area contributed by atoms with Gasteiger partial charge in [0.05, 0.1) is 0 Å². The maximum Gasteiger partial charge on any atom is 0.223 e. The summed E-state index contributed by atoms with van der Waals surface area (Å²) in [6, 6.07) is 14.8. The van der Waals surface area contributed by atoms with Gasteiger partial charge in [-0.05, 0) is 30.2 Å². The summed E-state index contributed by atoms with van der Waals surface area (Å²) in [5, 5.41) is 0. The van der Waals surface area contributed by atoms with Crippen molar-refractivity contribution in [3.63, 3.8) is 0 Å². The standard InChI is InChI=1S/C17H15NO2/c1-12(19)18-10-9-14-11-15(7-8-16(14)18)17(20)13-5-3-2-4-6-13/h2-8,11H,9-10H2,1H3. The summed E-state index contributed by atoms with van der Waals surface area (Å²) < 4.78 is 0. The third kappa shape index (κ3) is 2.11. The highest BCUT2D eigenvalue weighted by Gasteiger charge is 2.23. The first-order chi connectivity index (χ1) is 9.66. The number of carbonyl (C=O) groups is 2. The highest BCUT2D eigenvalue weighted by atomic mass is 16.2. The maximum absolute atomic E-state index is 12.4. The van der Waals surface area contributed by atoms with Crippen molar-refractivity contribution < 1.29 is 9.59 Å². The van der Waals surface area contributed by atoms with Crippen LogP contribution >= 0.6 is 0 Å². The Morgan fingerprint density at radius 3 is 2.45 bits per heavy atom. The Kier molecular flexibility index (Phi) is 3.11. The average Bonchev–Trinajstić information content (AvgIpc) is 2.90. The van der Waals surface area contributed by atoms with E-state index in [4.69, 9.17) is 0 Å². The van der Waals surface area contributed by atoms with Crippen molar-refractivity contribution in [2.24, 2.45) is 0 Å². The van der Waals surface area contributed by atoms with Crippen LogP contribution < -0.4 is 4.90 Å². The Bertz CT molecular complexity index is 677. The molecule has 2 aromatic rings. The topological polar surface area (TPSA) is 37.4 Å². The van der Waals surface area contributed by atoms with Crippen molar-refractivity contribution in [2.75, 3.05) is 11.4 Å². The lowest BCUT2D eigenvalue weighted by atomic mass is 10.0. The number of amides is 1. The average molecular weight is 265 g/mol. The highest BCUT2D eigenvalue weighted by molar-refractivity contribution is 6.09. The SMILES string of the molecule is CC(=O)N1CCc2cc(C(=O)c3ccccc3)ccc21. The molecule has 0 fully saturated rings. The number of fused-ring (bicyclic) bond motifs is 1. The molecule has 100 valence electrons. The van der Waals surface area contributed by atoms with Crippen molar-refractivity contribution in [3.8, 4) is 0 Å². The maximum atomic E-state index is 12.4. The first-order valence-electron chi connectivity index (χ1n) is 6.67. The first-order valence-corrected chi connectivity index (χ1v) is 6.67. The molecule has 0 aromatic heterocycles. The van der Waals surface area contributed by atoms with Gasteiger partial charge in [0, 0.05) is 30.3 Å². The molecule has 0 atom stereocenters. The molecule has 1 aliphatic rings. The summed E-state index contributed by atoms with van der Waals surface area (Å²) in [5.74, 6) is 0.0700. The number of nitrogens with zero attached hydrogens (tertiary/aromatic N) is 1. The minimum atomic E-state index is 0.0228. The molecule has 1 aliphatic heterocycles. The van der Waals surface area contributed by atoms with E-state index < -0.39 is 0 Å². The van der Waals surface area contributed by atoms with Crippen LogP contribution in [0.5, 0.6) is 0 Å². The largest absolute Gasteiger partial charge is 0.312 e. The van der Waals surface area contributed by atoms with Crippen molar-refractivity contribution in [1.29, 1.82) is 0 Å². The molecule has 1 heterocycles. The van der Waals surface area contributed by atoms with E-state index in [2.05, 4.69) is 0 Å². The normalized spacial score (nSPS) is 13.2.